The first-order valence-electron chi connectivity index (χ1n) is 6.08. The van der Waals surface area contributed by atoms with E-state index >= 15 is 0 Å². The highest BCUT2D eigenvalue weighted by Crippen LogP contribution is 2.32. The second kappa shape index (κ2) is 5.79. The SMILES string of the molecule is COc1ccc(N2CCNC(=O)C2CO)cc1OC. The Morgan fingerprint density at radius 2 is 2.11 bits per heavy atom. The Balaban J connectivity index is 2.32. The second-order valence-electron chi connectivity index (χ2n) is 4.22. The van der Waals surface area contributed by atoms with Gasteiger partial charge in [-0.25, -0.2) is 0 Å². The average molecular weight is 266 g/mol. The van der Waals surface area contributed by atoms with Crippen molar-refractivity contribution in [1.29, 1.82) is 0 Å². The molecule has 0 spiro atoms. The van der Waals surface area contributed by atoms with Gasteiger partial charge in [-0.2, -0.15) is 0 Å². The molecule has 1 unspecified atom stereocenters. The fourth-order valence-electron chi connectivity index (χ4n) is 2.21. The van der Waals surface area contributed by atoms with E-state index in [1.807, 2.05) is 11.0 Å². The largest absolute Gasteiger partial charge is 0.493 e. The second-order valence-corrected chi connectivity index (χ2v) is 4.22. The third kappa shape index (κ3) is 2.58. The molecule has 6 heteroatoms. The van der Waals surface area contributed by atoms with Gasteiger partial charge in [0.15, 0.2) is 11.5 Å². The molecule has 1 saturated heterocycles. The summed E-state index contributed by atoms with van der Waals surface area (Å²) in [5, 5.41) is 12.1. The van der Waals surface area contributed by atoms with Gasteiger partial charge < -0.3 is 24.8 Å². The molecule has 1 heterocycles. The van der Waals surface area contributed by atoms with E-state index < -0.39 is 6.04 Å². The van der Waals surface area contributed by atoms with Crippen LogP contribution < -0.4 is 19.7 Å². The minimum absolute atomic E-state index is 0.163. The minimum atomic E-state index is -0.563. The Labute approximate surface area is 111 Å². The topological polar surface area (TPSA) is 71.0 Å². The van der Waals surface area contributed by atoms with Crippen molar-refractivity contribution in [1.82, 2.24) is 5.32 Å². The van der Waals surface area contributed by atoms with Gasteiger partial charge in [-0.05, 0) is 12.1 Å². The van der Waals surface area contributed by atoms with Crippen LogP contribution in [0.25, 0.3) is 0 Å². The van der Waals surface area contributed by atoms with Crippen LogP contribution in [0.5, 0.6) is 11.5 Å². The molecule has 1 atom stereocenters. The summed E-state index contributed by atoms with van der Waals surface area (Å²) in [7, 11) is 3.14. The molecule has 0 radical (unpaired) electrons. The monoisotopic (exact) mass is 266 g/mol. The Hall–Kier alpha value is -1.95. The lowest BCUT2D eigenvalue weighted by molar-refractivity contribution is -0.124. The number of nitrogens with one attached hydrogen (secondary N) is 1. The molecule has 104 valence electrons. The Morgan fingerprint density at radius 1 is 1.37 bits per heavy atom. The van der Waals surface area contributed by atoms with E-state index in [1.54, 1.807) is 26.4 Å². The first-order chi connectivity index (χ1) is 9.21. The number of carbonyl (C=O) groups excluding carboxylic acids is 1. The lowest BCUT2D eigenvalue weighted by Gasteiger charge is -2.35. The van der Waals surface area contributed by atoms with E-state index in [4.69, 9.17) is 9.47 Å². The molecule has 1 aromatic carbocycles. The number of piperazine rings is 1. The van der Waals surface area contributed by atoms with Gasteiger partial charge in [0.25, 0.3) is 0 Å². The number of amides is 1. The molecular formula is C13H18N2O4. The number of hydrogen-bond acceptors (Lipinski definition) is 5. The highest BCUT2D eigenvalue weighted by molar-refractivity contribution is 5.86. The molecule has 19 heavy (non-hydrogen) atoms. The fraction of sp³-hybridized carbons (Fsp3) is 0.462. The van der Waals surface area contributed by atoms with Crippen molar-refractivity contribution in [2.75, 3.05) is 38.8 Å². The summed E-state index contributed by atoms with van der Waals surface area (Å²) in [5.41, 5.74) is 0.826. The number of ether oxygens (including phenoxy) is 2. The van der Waals surface area contributed by atoms with Crippen LogP contribution in [-0.4, -0.2) is 51.0 Å². The molecule has 1 aliphatic heterocycles. The van der Waals surface area contributed by atoms with E-state index in [9.17, 15) is 9.90 Å². The first kappa shape index (κ1) is 13.5. The molecule has 2 N–H and O–H groups in total. The van der Waals surface area contributed by atoms with Crippen molar-refractivity contribution in [3.8, 4) is 11.5 Å². The molecule has 1 aliphatic rings. The lowest BCUT2D eigenvalue weighted by atomic mass is 10.1. The van der Waals surface area contributed by atoms with Gasteiger partial charge in [-0.3, -0.25) is 4.79 Å². The number of methoxy groups -OCH3 is 2. The van der Waals surface area contributed by atoms with Crippen LogP contribution in [-0.2, 0) is 4.79 Å². The predicted molar refractivity (Wildman–Crippen MR) is 70.8 cm³/mol. The summed E-state index contributed by atoms with van der Waals surface area (Å²) in [6.07, 6.45) is 0. The molecule has 0 aliphatic carbocycles. The zero-order valence-electron chi connectivity index (χ0n) is 11.0. The van der Waals surface area contributed by atoms with Gasteiger partial charge in [0.1, 0.15) is 6.04 Å². The summed E-state index contributed by atoms with van der Waals surface area (Å²) in [4.78, 5) is 13.6. The summed E-state index contributed by atoms with van der Waals surface area (Å²) in [6.45, 7) is 0.982. The zero-order valence-corrected chi connectivity index (χ0v) is 11.0. The number of benzene rings is 1. The maximum absolute atomic E-state index is 11.7. The maximum Gasteiger partial charge on any atom is 0.245 e. The maximum atomic E-state index is 11.7. The van der Waals surface area contributed by atoms with Crippen LogP contribution in [0.4, 0.5) is 5.69 Å². The molecule has 1 amide bonds. The average Bonchev–Trinajstić information content (AvgIpc) is 2.46. The lowest BCUT2D eigenvalue weighted by Crippen LogP contribution is -2.57. The zero-order chi connectivity index (χ0) is 13.8. The number of anilines is 1. The fourth-order valence-corrected chi connectivity index (χ4v) is 2.21. The number of nitrogens with zero attached hydrogens (tertiary/aromatic N) is 1. The molecule has 0 bridgehead atoms. The van der Waals surface area contributed by atoms with Crippen molar-refractivity contribution in [2.24, 2.45) is 0 Å². The summed E-state index contributed by atoms with van der Waals surface area (Å²) in [5.74, 6) is 1.07. The third-order valence-corrected chi connectivity index (χ3v) is 3.20. The standard InChI is InChI=1S/C13H18N2O4/c1-18-11-4-3-9(7-12(11)19-2)15-6-5-14-13(17)10(15)8-16/h3-4,7,10,16H,5-6,8H2,1-2H3,(H,14,17). The summed E-state index contributed by atoms with van der Waals surface area (Å²) < 4.78 is 10.4. The molecule has 0 aromatic heterocycles. The molecule has 1 aromatic rings. The van der Waals surface area contributed by atoms with Crippen molar-refractivity contribution in [2.45, 2.75) is 6.04 Å². The van der Waals surface area contributed by atoms with E-state index in [2.05, 4.69) is 5.32 Å². The van der Waals surface area contributed by atoms with Gasteiger partial charge in [0.05, 0.1) is 20.8 Å². The van der Waals surface area contributed by atoms with E-state index in [-0.39, 0.29) is 12.5 Å². The molecule has 2 rings (SSSR count). The summed E-state index contributed by atoms with van der Waals surface area (Å²) in [6, 6.07) is 4.88. The van der Waals surface area contributed by atoms with E-state index in [0.29, 0.717) is 24.6 Å². The summed E-state index contributed by atoms with van der Waals surface area (Å²) >= 11 is 0. The van der Waals surface area contributed by atoms with Crippen molar-refractivity contribution in [3.63, 3.8) is 0 Å². The van der Waals surface area contributed by atoms with Gasteiger partial charge >= 0.3 is 0 Å². The number of hydrogen-bond donors (Lipinski definition) is 2. The molecular weight excluding hydrogens is 248 g/mol. The molecule has 0 saturated carbocycles. The predicted octanol–water partition coefficient (Wildman–Crippen LogP) is 0.000900. The van der Waals surface area contributed by atoms with Crippen molar-refractivity contribution in [3.05, 3.63) is 18.2 Å². The van der Waals surface area contributed by atoms with Gasteiger partial charge in [-0.15, -0.1) is 0 Å². The Kier molecular flexibility index (Phi) is 4.11. The number of aliphatic hydroxyl groups excluding tert-OH is 1. The number of aliphatic hydroxyl groups is 1. The van der Waals surface area contributed by atoms with Gasteiger partial charge in [0.2, 0.25) is 5.91 Å². The van der Waals surface area contributed by atoms with E-state index in [1.165, 1.54) is 0 Å². The Morgan fingerprint density at radius 3 is 2.74 bits per heavy atom. The minimum Gasteiger partial charge on any atom is -0.493 e. The van der Waals surface area contributed by atoms with Crippen molar-refractivity contribution < 1.29 is 19.4 Å². The van der Waals surface area contributed by atoms with Crippen LogP contribution in [0.2, 0.25) is 0 Å². The molecule has 1 fully saturated rings. The van der Waals surface area contributed by atoms with Gasteiger partial charge in [0, 0.05) is 24.8 Å². The number of rotatable bonds is 4. The normalized spacial score (nSPS) is 19.0. The quantitative estimate of drug-likeness (QED) is 0.803. The van der Waals surface area contributed by atoms with Gasteiger partial charge in [-0.1, -0.05) is 0 Å². The first-order valence-corrected chi connectivity index (χ1v) is 6.08. The third-order valence-electron chi connectivity index (χ3n) is 3.20. The van der Waals surface area contributed by atoms with E-state index in [0.717, 1.165) is 5.69 Å². The molecule has 6 nitrogen and oxygen atoms in total. The smallest absolute Gasteiger partial charge is 0.245 e. The van der Waals surface area contributed by atoms with Crippen LogP contribution in [0.3, 0.4) is 0 Å². The Bertz CT molecular complexity index is 464. The highest BCUT2D eigenvalue weighted by atomic mass is 16.5. The van der Waals surface area contributed by atoms with Crippen LogP contribution in [0, 0.1) is 0 Å². The van der Waals surface area contributed by atoms with Crippen molar-refractivity contribution >= 4 is 11.6 Å². The van der Waals surface area contributed by atoms with Crippen LogP contribution in [0.15, 0.2) is 18.2 Å². The number of carbonyl (C=O) groups is 1. The van der Waals surface area contributed by atoms with Crippen LogP contribution in [0.1, 0.15) is 0 Å². The van der Waals surface area contributed by atoms with Crippen LogP contribution >= 0.6 is 0 Å². The highest BCUT2D eigenvalue weighted by Gasteiger charge is 2.29.